The molecule has 0 bridgehead atoms. The third-order valence-electron chi connectivity index (χ3n) is 10.9. The largest absolute Gasteiger partial charge is 0.293 e. The predicted octanol–water partition coefficient (Wildman–Crippen LogP) is 12.3. The maximum atomic E-state index is 5.48. The Morgan fingerprint density at radius 2 is 1.06 bits per heavy atom. The average molecular weight is 667 g/mol. The van der Waals surface area contributed by atoms with E-state index in [4.69, 9.17) is 4.98 Å². The van der Waals surface area contributed by atoms with Crippen molar-refractivity contribution in [3.8, 4) is 39.3 Å². The normalized spacial score (nSPS) is 13.6. The summed E-state index contributed by atoms with van der Waals surface area (Å²) < 4.78 is 2.43. The van der Waals surface area contributed by atoms with E-state index in [1.165, 1.54) is 65.0 Å². The zero-order valence-electron chi connectivity index (χ0n) is 27.6. The molecule has 0 radical (unpaired) electrons. The van der Waals surface area contributed by atoms with Crippen molar-refractivity contribution in [2.75, 3.05) is 0 Å². The fourth-order valence-corrected chi connectivity index (χ4v) is 10.1. The number of para-hydroxylation sites is 1. The molecule has 2 aromatic heterocycles. The predicted molar refractivity (Wildman–Crippen MR) is 211 cm³/mol. The summed E-state index contributed by atoms with van der Waals surface area (Å²) in [6.45, 7) is 0. The number of hydrogen-bond donors (Lipinski definition) is 0. The molecule has 2 aliphatic rings. The minimum absolute atomic E-state index is 0.450. The van der Waals surface area contributed by atoms with Crippen molar-refractivity contribution in [3.63, 3.8) is 0 Å². The van der Waals surface area contributed by atoms with Crippen molar-refractivity contribution < 1.29 is 0 Å². The van der Waals surface area contributed by atoms with Gasteiger partial charge in [0, 0.05) is 26.1 Å². The van der Waals surface area contributed by atoms with Gasteiger partial charge in [-0.2, -0.15) is 0 Å². The fraction of sp³-hybridized carbons (Fsp3) is 0.0208. The Labute approximate surface area is 300 Å². The first-order valence-electron chi connectivity index (χ1n) is 17.5. The van der Waals surface area contributed by atoms with Gasteiger partial charge in [0.2, 0.25) is 0 Å². The molecule has 51 heavy (non-hydrogen) atoms. The number of hydrogen-bond acceptors (Lipinski definition) is 2. The molecule has 0 amide bonds. The Balaban J connectivity index is 1.29. The number of fused-ring (bicyclic) bond motifs is 13. The molecular formula is C48H30N2S. The highest BCUT2D eigenvalue weighted by Crippen LogP contribution is 2.63. The second kappa shape index (κ2) is 10.9. The summed E-state index contributed by atoms with van der Waals surface area (Å²) >= 11 is 1.90. The molecule has 0 saturated carbocycles. The lowest BCUT2D eigenvalue weighted by Gasteiger charge is -2.40. The van der Waals surface area contributed by atoms with E-state index in [2.05, 4.69) is 187 Å². The Morgan fingerprint density at radius 3 is 1.80 bits per heavy atom. The molecule has 7 aromatic carbocycles. The first-order valence-corrected chi connectivity index (χ1v) is 18.3. The first-order chi connectivity index (χ1) is 25.3. The van der Waals surface area contributed by atoms with Crippen LogP contribution in [0.4, 0.5) is 0 Å². The molecule has 1 aliphatic carbocycles. The van der Waals surface area contributed by atoms with Crippen LogP contribution in [0.3, 0.4) is 0 Å². The zero-order valence-corrected chi connectivity index (χ0v) is 28.4. The summed E-state index contributed by atoms with van der Waals surface area (Å²) in [5, 5.41) is 2.46. The van der Waals surface area contributed by atoms with Gasteiger partial charge in [-0.25, -0.2) is 4.98 Å². The molecule has 2 nitrogen and oxygen atoms in total. The number of benzene rings is 7. The average Bonchev–Trinajstić information content (AvgIpc) is 3.70. The van der Waals surface area contributed by atoms with Gasteiger partial charge in [-0.15, -0.1) is 0 Å². The number of aromatic nitrogens is 2. The highest BCUT2D eigenvalue weighted by molar-refractivity contribution is 7.99. The summed E-state index contributed by atoms with van der Waals surface area (Å²) in [6.07, 6.45) is 0. The Morgan fingerprint density at radius 1 is 0.451 bits per heavy atom. The van der Waals surface area contributed by atoms with Gasteiger partial charge in [0.05, 0.1) is 22.1 Å². The van der Waals surface area contributed by atoms with Crippen LogP contribution in [-0.2, 0) is 5.41 Å². The molecule has 0 atom stereocenters. The Bertz CT molecular complexity index is 2730. The molecule has 0 saturated heterocycles. The van der Waals surface area contributed by atoms with E-state index in [9.17, 15) is 0 Å². The van der Waals surface area contributed by atoms with Gasteiger partial charge >= 0.3 is 0 Å². The van der Waals surface area contributed by atoms with Gasteiger partial charge in [-0.1, -0.05) is 169 Å². The van der Waals surface area contributed by atoms with Crippen molar-refractivity contribution in [2.45, 2.75) is 15.2 Å². The Hall–Kier alpha value is -6.16. The van der Waals surface area contributed by atoms with Gasteiger partial charge in [-0.3, -0.25) is 4.57 Å². The summed E-state index contributed by atoms with van der Waals surface area (Å²) in [4.78, 5) is 8.05. The van der Waals surface area contributed by atoms with E-state index in [-0.39, 0.29) is 0 Å². The third kappa shape index (κ3) is 3.98. The van der Waals surface area contributed by atoms with Crippen molar-refractivity contribution >= 4 is 33.6 Å². The summed E-state index contributed by atoms with van der Waals surface area (Å²) in [6, 6.07) is 66.4. The minimum Gasteiger partial charge on any atom is -0.293 e. The molecular weight excluding hydrogens is 637 g/mol. The third-order valence-corrected chi connectivity index (χ3v) is 12.1. The highest BCUT2D eigenvalue weighted by Gasteiger charge is 2.50. The monoisotopic (exact) mass is 666 g/mol. The van der Waals surface area contributed by atoms with Crippen LogP contribution in [0, 0.1) is 0 Å². The standard InChI is InChI=1S/C48H30N2S/c1-3-15-31(16-4-1)33-29-42(32-17-5-2-6-18-32)49-45(30-33)50-43-25-13-9-21-36(43)37-27-28-41-47(46(37)50)51-44-26-14-12-24-40(44)48(41)38-22-10-7-19-34(38)35-20-8-11-23-39(35)48/h1-30H. The number of pyridine rings is 1. The van der Waals surface area contributed by atoms with Crippen LogP contribution in [-0.4, -0.2) is 9.55 Å². The highest BCUT2D eigenvalue weighted by atomic mass is 32.2. The summed E-state index contributed by atoms with van der Waals surface area (Å²) in [5.74, 6) is 0.913. The quantitative estimate of drug-likeness (QED) is 0.187. The number of rotatable bonds is 3. The molecule has 0 unspecified atom stereocenters. The van der Waals surface area contributed by atoms with Crippen LogP contribution < -0.4 is 0 Å². The van der Waals surface area contributed by atoms with Crippen molar-refractivity contribution in [2.24, 2.45) is 0 Å². The summed E-state index contributed by atoms with van der Waals surface area (Å²) in [5.41, 5.74) is 14.2. The van der Waals surface area contributed by atoms with E-state index in [0.29, 0.717) is 0 Å². The Kier molecular flexibility index (Phi) is 6.14. The molecule has 1 spiro atoms. The van der Waals surface area contributed by atoms with Gasteiger partial charge in [-0.05, 0) is 68.8 Å². The van der Waals surface area contributed by atoms with Crippen molar-refractivity contribution in [1.29, 1.82) is 0 Å². The van der Waals surface area contributed by atoms with E-state index < -0.39 is 5.41 Å². The van der Waals surface area contributed by atoms with Crippen LogP contribution in [0.25, 0.3) is 61.1 Å². The SMILES string of the molecule is c1ccc(-c2cc(-c3ccccc3)nc(-n3c4ccccc4c4ccc5c(c43)Sc3ccccc3C53c4ccccc4-c4ccccc43)c2)cc1. The molecule has 11 rings (SSSR count). The van der Waals surface area contributed by atoms with Gasteiger partial charge in [0.15, 0.2) is 0 Å². The number of nitrogens with zero attached hydrogens (tertiary/aromatic N) is 2. The molecule has 1 aliphatic heterocycles. The first kappa shape index (κ1) is 28.7. The molecule has 0 fully saturated rings. The lowest BCUT2D eigenvalue weighted by atomic mass is 9.67. The van der Waals surface area contributed by atoms with E-state index in [0.717, 1.165) is 28.2 Å². The van der Waals surface area contributed by atoms with Gasteiger partial charge in [0.25, 0.3) is 0 Å². The van der Waals surface area contributed by atoms with Crippen molar-refractivity contribution in [1.82, 2.24) is 9.55 Å². The molecule has 9 aromatic rings. The van der Waals surface area contributed by atoms with Crippen LogP contribution in [0.1, 0.15) is 22.3 Å². The van der Waals surface area contributed by atoms with Crippen LogP contribution in [0.5, 0.6) is 0 Å². The lowest BCUT2D eigenvalue weighted by molar-refractivity contribution is 0.724. The van der Waals surface area contributed by atoms with E-state index in [1.54, 1.807) is 0 Å². The second-order valence-electron chi connectivity index (χ2n) is 13.5. The van der Waals surface area contributed by atoms with Crippen LogP contribution in [0.2, 0.25) is 0 Å². The van der Waals surface area contributed by atoms with Crippen LogP contribution in [0.15, 0.2) is 192 Å². The molecule has 3 heterocycles. The zero-order chi connectivity index (χ0) is 33.5. The minimum atomic E-state index is -0.450. The van der Waals surface area contributed by atoms with E-state index >= 15 is 0 Å². The second-order valence-corrected chi connectivity index (χ2v) is 14.5. The van der Waals surface area contributed by atoms with Crippen molar-refractivity contribution in [3.05, 3.63) is 204 Å². The van der Waals surface area contributed by atoms with Gasteiger partial charge in [0.1, 0.15) is 5.82 Å². The van der Waals surface area contributed by atoms with Crippen LogP contribution >= 0.6 is 11.8 Å². The lowest BCUT2D eigenvalue weighted by Crippen LogP contribution is -2.32. The molecule has 0 N–H and O–H groups in total. The maximum absolute atomic E-state index is 5.48. The summed E-state index contributed by atoms with van der Waals surface area (Å²) in [7, 11) is 0. The maximum Gasteiger partial charge on any atom is 0.138 e. The van der Waals surface area contributed by atoms with E-state index in [1.807, 2.05) is 11.8 Å². The molecule has 238 valence electrons. The molecule has 3 heteroatoms. The van der Waals surface area contributed by atoms with Gasteiger partial charge < -0.3 is 0 Å². The fourth-order valence-electron chi connectivity index (χ4n) is 8.78. The smallest absolute Gasteiger partial charge is 0.138 e. The topological polar surface area (TPSA) is 17.8 Å².